The molecule has 0 radical (unpaired) electrons. The molecule has 0 aromatic rings. The molecule has 1 aliphatic carbocycles. The smallest absolute Gasteiger partial charge is 0.326 e. The summed E-state index contributed by atoms with van der Waals surface area (Å²) in [6.07, 6.45) is 9.14. The van der Waals surface area contributed by atoms with Gasteiger partial charge in [-0.15, -0.1) is 0 Å². The fraction of sp³-hybridized carbons (Fsp3) is 0.815. The van der Waals surface area contributed by atoms with Crippen molar-refractivity contribution in [3.05, 3.63) is 0 Å². The molecule has 0 aromatic carbocycles. The molecule has 38 heavy (non-hydrogen) atoms. The van der Waals surface area contributed by atoms with E-state index < -0.39 is 48.8 Å². The highest BCUT2D eigenvalue weighted by Gasteiger charge is 2.38. The van der Waals surface area contributed by atoms with Crippen LogP contribution in [0.3, 0.4) is 0 Å². The molecule has 1 aliphatic heterocycles. The third-order valence-corrected chi connectivity index (χ3v) is 7.91. The van der Waals surface area contributed by atoms with E-state index in [-0.39, 0.29) is 25.3 Å². The molecule has 3 amide bonds. The van der Waals surface area contributed by atoms with Crippen LogP contribution in [0.5, 0.6) is 0 Å². The Morgan fingerprint density at radius 1 is 0.921 bits per heavy atom. The summed E-state index contributed by atoms with van der Waals surface area (Å²) in [5.41, 5.74) is 5.79. The number of hydrogen-bond donors (Lipinski definition) is 4. The van der Waals surface area contributed by atoms with Gasteiger partial charge in [0, 0.05) is 13.0 Å². The van der Waals surface area contributed by atoms with Gasteiger partial charge in [-0.1, -0.05) is 32.1 Å². The molecule has 216 valence electrons. The first-order chi connectivity index (χ1) is 18.1. The molecule has 11 nitrogen and oxygen atoms in total. The number of aliphatic carboxylic acids is 2. The summed E-state index contributed by atoms with van der Waals surface area (Å²) in [7, 11) is 0. The third-order valence-electron chi connectivity index (χ3n) is 7.91. The van der Waals surface area contributed by atoms with Crippen LogP contribution in [-0.2, 0) is 24.0 Å². The largest absolute Gasteiger partial charge is 0.481 e. The summed E-state index contributed by atoms with van der Waals surface area (Å²) in [4.78, 5) is 64.8. The molecule has 1 unspecified atom stereocenters. The number of carboxylic acids is 2. The summed E-state index contributed by atoms with van der Waals surface area (Å²) in [5, 5.41) is 22.4. The second-order valence-corrected chi connectivity index (χ2v) is 10.7. The molecular formula is C27H46N4O7. The minimum Gasteiger partial charge on any atom is -0.481 e. The highest BCUT2D eigenvalue weighted by atomic mass is 16.4. The summed E-state index contributed by atoms with van der Waals surface area (Å²) in [6.45, 7) is 3.45. The Labute approximate surface area is 225 Å². The minimum atomic E-state index is -1.57. The lowest BCUT2D eigenvalue weighted by molar-refractivity contribution is -0.161. The third kappa shape index (κ3) is 10.3. The quantitative estimate of drug-likeness (QED) is 0.243. The lowest BCUT2D eigenvalue weighted by Gasteiger charge is -2.32. The van der Waals surface area contributed by atoms with Crippen LogP contribution < -0.4 is 11.1 Å². The molecule has 0 spiro atoms. The van der Waals surface area contributed by atoms with Crippen molar-refractivity contribution in [1.82, 2.24) is 15.1 Å². The Balaban J connectivity index is 2.10. The first kappa shape index (κ1) is 31.7. The number of nitrogens with two attached hydrogens (primary N) is 1. The van der Waals surface area contributed by atoms with Crippen LogP contribution >= 0.6 is 0 Å². The maximum atomic E-state index is 13.4. The zero-order valence-corrected chi connectivity index (χ0v) is 22.7. The van der Waals surface area contributed by atoms with E-state index in [1.54, 1.807) is 6.92 Å². The molecule has 2 atom stereocenters. The van der Waals surface area contributed by atoms with E-state index >= 15 is 0 Å². The molecule has 1 saturated carbocycles. The molecule has 5 N–H and O–H groups in total. The van der Waals surface area contributed by atoms with Gasteiger partial charge in [-0.25, -0.2) is 4.79 Å². The number of carbonyl (C=O) groups excluding carboxylic acids is 3. The second kappa shape index (κ2) is 16.4. The number of rotatable bonds is 15. The fourth-order valence-electron chi connectivity index (χ4n) is 5.62. The van der Waals surface area contributed by atoms with Crippen LogP contribution in [0.2, 0.25) is 0 Å². The van der Waals surface area contributed by atoms with Gasteiger partial charge < -0.3 is 26.2 Å². The first-order valence-electron chi connectivity index (χ1n) is 14.2. The van der Waals surface area contributed by atoms with E-state index in [1.165, 1.54) is 4.90 Å². The number of hydrogen-bond acceptors (Lipinski definition) is 7. The number of likely N-dealkylation sites (N-methyl/N-ethyl adjacent to an activating group) is 1. The van der Waals surface area contributed by atoms with E-state index in [0.29, 0.717) is 29.6 Å². The molecule has 11 heteroatoms. The zero-order valence-electron chi connectivity index (χ0n) is 22.7. The van der Waals surface area contributed by atoms with Crippen molar-refractivity contribution in [2.24, 2.45) is 17.6 Å². The molecule has 2 rings (SSSR count). The summed E-state index contributed by atoms with van der Waals surface area (Å²) < 4.78 is 0. The van der Waals surface area contributed by atoms with Crippen LogP contribution in [-0.4, -0.2) is 87.9 Å². The highest BCUT2D eigenvalue weighted by Crippen LogP contribution is 2.29. The lowest BCUT2D eigenvalue weighted by atomic mass is 9.85. The fourth-order valence-corrected chi connectivity index (χ4v) is 5.62. The SMILES string of the molecule is CCN(CC(=O)N(C(=O)[C@@H](N)CC(=O)O)C(CCC1CCCCC1)C(=O)O)C(=O)CCCC1CCNCC1. The first-order valence-corrected chi connectivity index (χ1v) is 14.2. The Hall–Kier alpha value is -2.53. The van der Waals surface area contributed by atoms with Gasteiger partial charge in [0.05, 0.1) is 12.5 Å². The molecule has 0 bridgehead atoms. The van der Waals surface area contributed by atoms with Crippen LogP contribution in [0.4, 0.5) is 0 Å². The Morgan fingerprint density at radius 3 is 2.13 bits per heavy atom. The topological polar surface area (TPSA) is 170 Å². The van der Waals surface area contributed by atoms with Crippen molar-refractivity contribution in [3.8, 4) is 0 Å². The van der Waals surface area contributed by atoms with E-state index in [2.05, 4.69) is 5.32 Å². The van der Waals surface area contributed by atoms with Crippen molar-refractivity contribution >= 4 is 29.7 Å². The van der Waals surface area contributed by atoms with Gasteiger partial charge in [0.25, 0.3) is 0 Å². The monoisotopic (exact) mass is 538 g/mol. The maximum Gasteiger partial charge on any atom is 0.326 e. The van der Waals surface area contributed by atoms with Gasteiger partial charge in [0.1, 0.15) is 12.6 Å². The summed E-state index contributed by atoms with van der Waals surface area (Å²) >= 11 is 0. The Morgan fingerprint density at radius 2 is 1.55 bits per heavy atom. The van der Waals surface area contributed by atoms with Crippen molar-refractivity contribution in [3.63, 3.8) is 0 Å². The van der Waals surface area contributed by atoms with Crippen LogP contribution in [0.25, 0.3) is 0 Å². The van der Waals surface area contributed by atoms with E-state index in [1.807, 2.05) is 0 Å². The maximum absolute atomic E-state index is 13.4. The molecule has 2 aliphatic rings. The molecule has 1 saturated heterocycles. The molecular weight excluding hydrogens is 492 g/mol. The minimum absolute atomic E-state index is 0.0631. The summed E-state index contributed by atoms with van der Waals surface area (Å²) in [6, 6.07) is -3.03. The van der Waals surface area contributed by atoms with Gasteiger partial charge in [-0.2, -0.15) is 0 Å². The van der Waals surface area contributed by atoms with Crippen LogP contribution in [0, 0.1) is 11.8 Å². The number of carboxylic acid groups (broad SMARTS) is 2. The molecule has 2 fully saturated rings. The molecule has 1 heterocycles. The van der Waals surface area contributed by atoms with Gasteiger partial charge >= 0.3 is 11.9 Å². The van der Waals surface area contributed by atoms with Gasteiger partial charge in [-0.05, 0) is 70.4 Å². The predicted molar refractivity (Wildman–Crippen MR) is 141 cm³/mol. The summed E-state index contributed by atoms with van der Waals surface area (Å²) in [5.74, 6) is -3.90. The molecule has 0 aromatic heterocycles. The Kier molecular flexibility index (Phi) is 13.7. The Bertz CT molecular complexity index is 809. The number of imide groups is 1. The van der Waals surface area contributed by atoms with Crippen molar-refractivity contribution in [1.29, 1.82) is 0 Å². The number of nitrogens with one attached hydrogen (secondary N) is 1. The van der Waals surface area contributed by atoms with Crippen LogP contribution in [0.1, 0.15) is 90.4 Å². The number of nitrogens with zero attached hydrogens (tertiary/aromatic N) is 2. The van der Waals surface area contributed by atoms with E-state index in [0.717, 1.165) is 64.5 Å². The normalized spacial score (nSPS) is 18.4. The zero-order chi connectivity index (χ0) is 28.1. The second-order valence-electron chi connectivity index (χ2n) is 10.7. The number of amides is 3. The van der Waals surface area contributed by atoms with Crippen molar-refractivity contribution in [2.45, 2.75) is 102 Å². The van der Waals surface area contributed by atoms with Crippen molar-refractivity contribution in [2.75, 3.05) is 26.2 Å². The van der Waals surface area contributed by atoms with Gasteiger partial charge in [0.2, 0.25) is 17.7 Å². The van der Waals surface area contributed by atoms with Crippen molar-refractivity contribution < 1.29 is 34.2 Å². The number of piperidine rings is 1. The predicted octanol–water partition coefficient (Wildman–Crippen LogP) is 1.98. The highest BCUT2D eigenvalue weighted by molar-refractivity contribution is 6.03. The standard InChI is InChI=1S/C27H46N4O7/c1-2-30(23(32)10-6-9-20-13-15-29-16-14-20)18-24(33)31(26(36)21(28)17-25(34)35)22(27(37)38)12-11-19-7-4-3-5-8-19/h19-22,29H,2-18,28H2,1H3,(H,34,35)(H,37,38)/t21-,22?/m0/s1. The average molecular weight is 539 g/mol. The lowest BCUT2D eigenvalue weighted by Crippen LogP contribution is -2.57. The van der Waals surface area contributed by atoms with E-state index in [9.17, 15) is 29.1 Å². The van der Waals surface area contributed by atoms with Gasteiger partial charge in [-0.3, -0.25) is 24.1 Å². The van der Waals surface area contributed by atoms with E-state index in [4.69, 9.17) is 10.8 Å². The van der Waals surface area contributed by atoms with Gasteiger partial charge in [0.15, 0.2) is 0 Å². The van der Waals surface area contributed by atoms with Crippen LogP contribution in [0.15, 0.2) is 0 Å². The average Bonchev–Trinajstić information content (AvgIpc) is 2.89. The number of carbonyl (C=O) groups is 5.